The molecule has 1 saturated heterocycles. The number of allylic oxidation sites excluding steroid dienone is 1. The summed E-state index contributed by atoms with van der Waals surface area (Å²) >= 11 is 0. The Morgan fingerprint density at radius 3 is 2.29 bits per heavy atom. The lowest BCUT2D eigenvalue weighted by atomic mass is 9.76. The van der Waals surface area contributed by atoms with Crippen molar-refractivity contribution >= 4 is 18.8 Å². The molecule has 0 radical (unpaired) electrons. The van der Waals surface area contributed by atoms with Crippen molar-refractivity contribution in [3.63, 3.8) is 0 Å². The molecule has 5 heteroatoms. The van der Waals surface area contributed by atoms with Crippen molar-refractivity contribution in [3.8, 4) is 0 Å². The summed E-state index contributed by atoms with van der Waals surface area (Å²) in [6.45, 7) is 16.1. The number of nitrogens with zero attached hydrogens (tertiary/aromatic N) is 2. The maximum Gasteiger partial charge on any atom is 0.494 e. The summed E-state index contributed by atoms with van der Waals surface area (Å²) in [7, 11) is -0.368. The van der Waals surface area contributed by atoms with Crippen LogP contribution in [0.15, 0.2) is 72.6 Å². The van der Waals surface area contributed by atoms with Gasteiger partial charge in [0.2, 0.25) is 0 Å². The molecular weight excluding hydrogens is 383 g/mol. The van der Waals surface area contributed by atoms with Crippen LogP contribution in [0.3, 0.4) is 0 Å². The van der Waals surface area contributed by atoms with E-state index in [-0.39, 0.29) is 18.3 Å². The molecule has 1 aromatic carbocycles. The van der Waals surface area contributed by atoms with Gasteiger partial charge in [-0.25, -0.2) is 0 Å². The van der Waals surface area contributed by atoms with Gasteiger partial charge in [-0.2, -0.15) is 0 Å². The third-order valence-corrected chi connectivity index (χ3v) is 6.12. The summed E-state index contributed by atoms with van der Waals surface area (Å²) in [5, 5.41) is 0. The molecule has 0 unspecified atom stereocenters. The lowest BCUT2D eigenvalue weighted by molar-refractivity contribution is 0.00578. The summed E-state index contributed by atoms with van der Waals surface area (Å²) in [6, 6.07) is 10.8. The van der Waals surface area contributed by atoms with E-state index in [0.717, 1.165) is 36.7 Å². The second-order valence-corrected chi connectivity index (χ2v) is 9.15. The van der Waals surface area contributed by atoms with Crippen molar-refractivity contribution in [2.45, 2.75) is 64.6 Å². The molecule has 0 atom stereocenters. The van der Waals surface area contributed by atoms with Gasteiger partial charge in [0.1, 0.15) is 0 Å². The highest BCUT2D eigenvalue weighted by Gasteiger charge is 2.51. The van der Waals surface area contributed by atoms with Gasteiger partial charge in [0.15, 0.2) is 0 Å². The van der Waals surface area contributed by atoms with E-state index < -0.39 is 0 Å². The Labute approximate surface area is 187 Å². The molecule has 0 aliphatic carbocycles. The number of pyridine rings is 1. The summed E-state index contributed by atoms with van der Waals surface area (Å²) in [5.74, 6) is 0. The van der Waals surface area contributed by atoms with Gasteiger partial charge in [0.05, 0.1) is 11.2 Å². The first-order valence-electron chi connectivity index (χ1n) is 10.9. The minimum Gasteiger partial charge on any atom is -0.399 e. The zero-order valence-electron chi connectivity index (χ0n) is 19.2. The van der Waals surface area contributed by atoms with Gasteiger partial charge < -0.3 is 9.31 Å². The van der Waals surface area contributed by atoms with E-state index >= 15 is 0 Å². The molecule has 0 bridgehead atoms. The molecule has 0 amide bonds. The van der Waals surface area contributed by atoms with E-state index in [0.29, 0.717) is 0 Å². The number of hydrogen-bond donors (Lipinski definition) is 0. The Bertz CT molecular complexity index is 935. The van der Waals surface area contributed by atoms with Crippen LogP contribution in [-0.2, 0) is 28.6 Å². The molecule has 0 saturated carbocycles. The number of aromatic nitrogens is 1. The fraction of sp³-hybridized carbons (Fsp3) is 0.385. The van der Waals surface area contributed by atoms with Crippen LogP contribution in [0.5, 0.6) is 0 Å². The van der Waals surface area contributed by atoms with Gasteiger partial charge in [0.25, 0.3) is 0 Å². The van der Waals surface area contributed by atoms with Crippen LogP contribution in [-0.4, -0.2) is 29.5 Å². The first-order valence-corrected chi connectivity index (χ1v) is 10.9. The molecule has 4 nitrogen and oxygen atoms in total. The number of aliphatic imine (C=N–C) groups is 1. The number of hydrogen-bond acceptors (Lipinski definition) is 4. The maximum atomic E-state index is 6.32. The van der Waals surface area contributed by atoms with Gasteiger partial charge in [0, 0.05) is 24.8 Å². The van der Waals surface area contributed by atoms with E-state index in [1.807, 2.05) is 18.5 Å². The normalized spacial score (nSPS) is 17.2. The average Bonchev–Trinajstić information content (AvgIpc) is 2.97. The van der Waals surface area contributed by atoms with Crippen LogP contribution in [0, 0.1) is 0 Å². The van der Waals surface area contributed by atoms with Crippen LogP contribution in [0.2, 0.25) is 0 Å². The zero-order chi connectivity index (χ0) is 22.5. The third-order valence-electron chi connectivity index (χ3n) is 6.12. The monoisotopic (exact) mass is 416 g/mol. The Balaban J connectivity index is 1.82. The third kappa shape index (κ3) is 6.02. The second kappa shape index (κ2) is 9.76. The second-order valence-electron chi connectivity index (χ2n) is 9.15. The fourth-order valence-corrected chi connectivity index (χ4v) is 3.56. The van der Waals surface area contributed by atoms with E-state index in [1.54, 1.807) is 6.21 Å². The van der Waals surface area contributed by atoms with Crippen molar-refractivity contribution in [3.05, 3.63) is 84.3 Å². The highest BCUT2D eigenvalue weighted by molar-refractivity contribution is 6.62. The number of aryl methyl sites for hydroxylation is 3. The SMILES string of the molecule is C=CN=CC(=C)CCc1cc(CCc2cccnc2)cc(B2OC(C)(C)C(C)(C)O2)c1. The van der Waals surface area contributed by atoms with Gasteiger partial charge in [-0.05, 0) is 87.2 Å². The molecule has 0 spiro atoms. The van der Waals surface area contributed by atoms with Crippen LogP contribution < -0.4 is 5.46 Å². The smallest absolute Gasteiger partial charge is 0.399 e. The lowest BCUT2D eigenvalue weighted by Gasteiger charge is -2.32. The van der Waals surface area contributed by atoms with E-state index in [2.05, 4.69) is 75.1 Å². The van der Waals surface area contributed by atoms with Gasteiger partial charge in [-0.3, -0.25) is 9.98 Å². The molecule has 1 fully saturated rings. The highest BCUT2D eigenvalue weighted by Crippen LogP contribution is 2.36. The van der Waals surface area contributed by atoms with Crippen molar-refractivity contribution in [2.24, 2.45) is 4.99 Å². The summed E-state index contributed by atoms with van der Waals surface area (Å²) in [6.07, 6.45) is 10.6. The molecule has 162 valence electrons. The molecule has 2 heterocycles. The predicted molar refractivity (Wildman–Crippen MR) is 130 cm³/mol. The van der Waals surface area contributed by atoms with E-state index in [4.69, 9.17) is 9.31 Å². The standard InChI is InChI=1S/C26H33BN2O2/c1-7-28-18-20(2)10-11-22-15-23(13-12-21-9-8-14-29-19-21)17-24(16-22)27-30-25(3,4)26(5,6)31-27/h7-9,14-19H,1-2,10-13H2,3-6H3. The quantitative estimate of drug-likeness (QED) is 0.433. The molecular formula is C26H33BN2O2. The van der Waals surface area contributed by atoms with Crippen LogP contribution in [0.4, 0.5) is 0 Å². The first kappa shape index (κ1) is 23.2. The minimum absolute atomic E-state index is 0.362. The predicted octanol–water partition coefficient (Wildman–Crippen LogP) is 4.87. The van der Waals surface area contributed by atoms with Crippen LogP contribution in [0.1, 0.15) is 50.8 Å². The Kier molecular flexibility index (Phi) is 7.29. The van der Waals surface area contributed by atoms with Gasteiger partial charge >= 0.3 is 7.12 Å². The zero-order valence-corrected chi connectivity index (χ0v) is 19.2. The molecule has 1 aliphatic heterocycles. The molecule has 31 heavy (non-hydrogen) atoms. The van der Waals surface area contributed by atoms with E-state index in [1.165, 1.54) is 22.9 Å². The van der Waals surface area contributed by atoms with Gasteiger partial charge in [-0.15, -0.1) is 0 Å². The lowest BCUT2D eigenvalue weighted by Crippen LogP contribution is -2.41. The van der Waals surface area contributed by atoms with Gasteiger partial charge in [-0.1, -0.05) is 37.4 Å². The summed E-state index contributed by atoms with van der Waals surface area (Å²) in [4.78, 5) is 8.30. The van der Waals surface area contributed by atoms with E-state index in [9.17, 15) is 0 Å². The Morgan fingerprint density at radius 2 is 1.68 bits per heavy atom. The van der Waals surface area contributed by atoms with Crippen molar-refractivity contribution in [2.75, 3.05) is 0 Å². The molecule has 1 aliphatic rings. The van der Waals surface area contributed by atoms with Crippen LogP contribution >= 0.6 is 0 Å². The Morgan fingerprint density at radius 1 is 1.03 bits per heavy atom. The topological polar surface area (TPSA) is 43.7 Å². The minimum atomic E-state index is -0.368. The van der Waals surface area contributed by atoms with Crippen molar-refractivity contribution in [1.29, 1.82) is 0 Å². The number of benzene rings is 1. The van der Waals surface area contributed by atoms with Crippen LogP contribution in [0.25, 0.3) is 0 Å². The first-order chi connectivity index (χ1) is 14.7. The molecule has 3 rings (SSSR count). The maximum absolute atomic E-state index is 6.32. The molecule has 1 aromatic heterocycles. The fourth-order valence-electron chi connectivity index (χ4n) is 3.56. The summed E-state index contributed by atoms with van der Waals surface area (Å²) < 4.78 is 12.6. The van der Waals surface area contributed by atoms with Crippen molar-refractivity contribution in [1.82, 2.24) is 4.98 Å². The highest BCUT2D eigenvalue weighted by atomic mass is 16.7. The molecule has 0 N–H and O–H groups in total. The number of rotatable bonds is 9. The van der Waals surface area contributed by atoms with Crippen molar-refractivity contribution < 1.29 is 9.31 Å². The largest absolute Gasteiger partial charge is 0.494 e. The summed E-state index contributed by atoms with van der Waals surface area (Å²) in [5.41, 5.74) is 5.09. The average molecular weight is 416 g/mol. The Hall–Kier alpha value is -2.50. The molecule has 2 aromatic rings.